The Balaban J connectivity index is 0.00000288. The fraction of sp³-hybridized carbons (Fsp3) is 0.462. The summed E-state index contributed by atoms with van der Waals surface area (Å²) in [6.45, 7) is -0.695. The van der Waals surface area contributed by atoms with Crippen molar-refractivity contribution in [2.45, 2.75) is 30.7 Å². The Hall–Kier alpha value is -2.19. The summed E-state index contributed by atoms with van der Waals surface area (Å²) >= 11 is 0. The molecule has 12 heteroatoms. The zero-order valence-electron chi connectivity index (χ0n) is 12.6. The number of carbonyl (C=O) groups is 1. The van der Waals surface area contributed by atoms with E-state index >= 15 is 0 Å². The Morgan fingerprint density at radius 2 is 1.52 bits per heavy atom. The summed E-state index contributed by atoms with van der Waals surface area (Å²) in [5.41, 5.74) is -0.366. The Labute approximate surface area is 140 Å². The molecular formula is C13H20O12. The third-order valence-corrected chi connectivity index (χ3v) is 3.38. The van der Waals surface area contributed by atoms with Gasteiger partial charge in [0.05, 0.1) is 12.2 Å². The number of aromatic hydroxyl groups is 3. The maximum atomic E-state index is 11.9. The molecule has 0 aromatic heterocycles. The molecule has 0 spiro atoms. The molecule has 0 aliphatic carbocycles. The van der Waals surface area contributed by atoms with Crippen LogP contribution in [0.15, 0.2) is 12.1 Å². The van der Waals surface area contributed by atoms with Crippen molar-refractivity contribution in [2.75, 3.05) is 6.61 Å². The number of carbonyl (C=O) groups excluding carboxylic acids is 1. The summed E-state index contributed by atoms with van der Waals surface area (Å²) < 4.78 is 9.77. The highest BCUT2D eigenvalue weighted by atomic mass is 16.7. The molecule has 0 unspecified atom stereocenters. The highest BCUT2D eigenvalue weighted by Gasteiger charge is 2.45. The summed E-state index contributed by atoms with van der Waals surface area (Å²) in [7, 11) is 0. The molecular weight excluding hydrogens is 348 g/mol. The van der Waals surface area contributed by atoms with E-state index in [0.29, 0.717) is 0 Å². The molecule has 1 aromatic carbocycles. The quantitative estimate of drug-likeness (QED) is 0.202. The zero-order valence-corrected chi connectivity index (χ0v) is 12.6. The van der Waals surface area contributed by atoms with E-state index in [1.165, 1.54) is 0 Å². The van der Waals surface area contributed by atoms with Crippen LogP contribution < -0.4 is 0 Å². The lowest BCUT2D eigenvalue weighted by Gasteiger charge is -2.39. The monoisotopic (exact) mass is 368 g/mol. The number of hydrogen-bond acceptors (Lipinski definition) is 10. The second-order valence-corrected chi connectivity index (χ2v) is 4.97. The van der Waals surface area contributed by atoms with Crippen molar-refractivity contribution in [3.63, 3.8) is 0 Å². The minimum atomic E-state index is -1.78. The Morgan fingerprint density at radius 3 is 2.00 bits per heavy atom. The largest absolute Gasteiger partial charge is 0.504 e. The molecule has 1 heterocycles. The summed E-state index contributed by atoms with van der Waals surface area (Å²) in [6, 6.07) is 1.61. The lowest BCUT2D eigenvalue weighted by Crippen LogP contribution is -2.59. The van der Waals surface area contributed by atoms with Gasteiger partial charge in [0.2, 0.25) is 6.29 Å². The second kappa shape index (κ2) is 8.77. The third-order valence-electron chi connectivity index (χ3n) is 3.38. The van der Waals surface area contributed by atoms with Gasteiger partial charge in [0.25, 0.3) is 0 Å². The number of phenolic OH excluding ortho intramolecular Hbond substituents is 3. The number of rotatable bonds is 3. The average molecular weight is 368 g/mol. The van der Waals surface area contributed by atoms with Crippen LogP contribution in [0, 0.1) is 0 Å². The van der Waals surface area contributed by atoms with Gasteiger partial charge in [0.1, 0.15) is 24.4 Å². The van der Waals surface area contributed by atoms with Gasteiger partial charge in [0.15, 0.2) is 17.2 Å². The van der Waals surface area contributed by atoms with Gasteiger partial charge >= 0.3 is 5.97 Å². The molecule has 0 saturated carbocycles. The predicted molar refractivity (Wildman–Crippen MR) is 77.8 cm³/mol. The summed E-state index contributed by atoms with van der Waals surface area (Å²) in [5, 5.41) is 65.8. The van der Waals surface area contributed by atoms with Crippen molar-refractivity contribution in [3.05, 3.63) is 17.7 Å². The van der Waals surface area contributed by atoms with Gasteiger partial charge < -0.3 is 56.2 Å². The van der Waals surface area contributed by atoms with Gasteiger partial charge in [-0.15, -0.1) is 0 Å². The van der Waals surface area contributed by atoms with Gasteiger partial charge in [-0.05, 0) is 12.1 Å². The molecule has 1 saturated heterocycles. The fourth-order valence-electron chi connectivity index (χ4n) is 2.06. The SMILES string of the molecule is O.O.O=C(O[C@H]1O[C@H](CO)[C@@H](O)[C@H](O)[C@H]1O)c1cc(O)c(O)c(O)c1. The summed E-state index contributed by atoms with van der Waals surface area (Å²) in [5.74, 6) is -3.52. The van der Waals surface area contributed by atoms with Gasteiger partial charge in [-0.1, -0.05) is 0 Å². The molecule has 25 heavy (non-hydrogen) atoms. The smallest absolute Gasteiger partial charge is 0.340 e. The molecule has 5 atom stereocenters. The molecule has 1 fully saturated rings. The number of esters is 1. The Bertz CT molecular complexity index is 565. The van der Waals surface area contributed by atoms with E-state index in [0.717, 1.165) is 12.1 Å². The van der Waals surface area contributed by atoms with Crippen LogP contribution in [-0.2, 0) is 9.47 Å². The van der Waals surface area contributed by atoms with Crippen LogP contribution in [0.25, 0.3) is 0 Å². The Kier molecular flexibility index (Phi) is 8.01. The number of aliphatic hydroxyl groups is 4. The zero-order chi connectivity index (χ0) is 17.3. The van der Waals surface area contributed by atoms with Crippen molar-refractivity contribution in [1.82, 2.24) is 0 Å². The maximum Gasteiger partial charge on any atom is 0.340 e. The first kappa shape index (κ1) is 22.8. The topological polar surface area (TPSA) is 240 Å². The first-order valence-electron chi connectivity index (χ1n) is 6.52. The van der Waals surface area contributed by atoms with Crippen LogP contribution >= 0.6 is 0 Å². The van der Waals surface area contributed by atoms with Crippen molar-refractivity contribution in [2.24, 2.45) is 0 Å². The average Bonchev–Trinajstić information content (AvgIpc) is 2.52. The molecule has 0 bridgehead atoms. The van der Waals surface area contributed by atoms with Crippen molar-refractivity contribution in [3.8, 4) is 17.2 Å². The maximum absolute atomic E-state index is 11.9. The number of benzene rings is 1. The van der Waals surface area contributed by atoms with Crippen molar-refractivity contribution >= 4 is 5.97 Å². The summed E-state index contributed by atoms with van der Waals surface area (Å²) in [4.78, 5) is 11.9. The van der Waals surface area contributed by atoms with E-state index in [1.807, 2.05) is 0 Å². The predicted octanol–water partition coefficient (Wildman–Crippen LogP) is -3.89. The highest BCUT2D eigenvalue weighted by Crippen LogP contribution is 2.35. The van der Waals surface area contributed by atoms with Crippen LogP contribution in [0.1, 0.15) is 10.4 Å². The van der Waals surface area contributed by atoms with Gasteiger partial charge in [-0.2, -0.15) is 0 Å². The molecule has 2 rings (SSSR count). The first-order chi connectivity index (χ1) is 10.8. The minimum Gasteiger partial charge on any atom is -0.504 e. The van der Waals surface area contributed by atoms with E-state index in [2.05, 4.69) is 0 Å². The number of hydrogen-bond donors (Lipinski definition) is 7. The molecule has 12 nitrogen and oxygen atoms in total. The van der Waals surface area contributed by atoms with Gasteiger partial charge in [0, 0.05) is 0 Å². The molecule has 1 aromatic rings. The number of ether oxygens (including phenoxy) is 2. The van der Waals surface area contributed by atoms with E-state index < -0.39 is 60.5 Å². The molecule has 144 valence electrons. The van der Waals surface area contributed by atoms with E-state index in [9.17, 15) is 35.4 Å². The van der Waals surface area contributed by atoms with Crippen LogP contribution in [-0.4, -0.2) is 90.0 Å². The lowest BCUT2D eigenvalue weighted by molar-refractivity contribution is -0.285. The van der Waals surface area contributed by atoms with Crippen LogP contribution in [0.5, 0.6) is 17.2 Å². The standard InChI is InChI=1S/C13H16O10.2H2O/c14-3-7-9(18)10(19)11(20)13(22-7)23-12(21)4-1-5(15)8(17)6(16)2-4;;/h1-2,7,9-11,13-20H,3H2;2*1H2/t7-,9-,10+,11-,13-;;/m1../s1. The normalized spacial score (nSPS) is 28.4. The molecule has 11 N–H and O–H groups in total. The number of aliphatic hydroxyl groups excluding tert-OH is 4. The third kappa shape index (κ3) is 4.46. The fourth-order valence-corrected chi connectivity index (χ4v) is 2.06. The van der Waals surface area contributed by atoms with Crippen molar-refractivity contribution in [1.29, 1.82) is 0 Å². The molecule has 1 aliphatic heterocycles. The second-order valence-electron chi connectivity index (χ2n) is 4.97. The van der Waals surface area contributed by atoms with E-state index in [1.54, 1.807) is 0 Å². The first-order valence-corrected chi connectivity index (χ1v) is 6.52. The molecule has 0 radical (unpaired) electrons. The molecule has 1 aliphatic rings. The summed E-state index contributed by atoms with van der Waals surface area (Å²) in [6.07, 6.45) is -8.06. The molecule has 0 amide bonds. The van der Waals surface area contributed by atoms with Gasteiger partial charge in [-0.25, -0.2) is 4.79 Å². The van der Waals surface area contributed by atoms with E-state index in [4.69, 9.17) is 14.6 Å². The van der Waals surface area contributed by atoms with Crippen LogP contribution in [0.3, 0.4) is 0 Å². The van der Waals surface area contributed by atoms with Crippen molar-refractivity contribution < 1.29 is 61.0 Å². The highest BCUT2D eigenvalue weighted by molar-refractivity contribution is 5.91. The van der Waals surface area contributed by atoms with Crippen LogP contribution in [0.2, 0.25) is 0 Å². The minimum absolute atomic E-state index is 0. The van der Waals surface area contributed by atoms with Gasteiger partial charge in [-0.3, -0.25) is 0 Å². The Morgan fingerprint density at radius 1 is 1.00 bits per heavy atom. The lowest BCUT2D eigenvalue weighted by atomic mass is 9.99. The van der Waals surface area contributed by atoms with Crippen LogP contribution in [0.4, 0.5) is 0 Å². The number of phenols is 3. The van der Waals surface area contributed by atoms with E-state index in [-0.39, 0.29) is 16.5 Å².